The normalized spacial score (nSPS) is 15.3. The van der Waals surface area contributed by atoms with Crippen LogP contribution in [0.2, 0.25) is 0 Å². The number of aliphatic hydroxyl groups is 1. The molecule has 0 aromatic heterocycles. The van der Waals surface area contributed by atoms with Gasteiger partial charge in [0.15, 0.2) is 0 Å². The zero-order valence-electron chi connectivity index (χ0n) is 12.6. The molecule has 0 bridgehead atoms. The summed E-state index contributed by atoms with van der Waals surface area (Å²) in [6.45, 7) is 4.08. The van der Waals surface area contributed by atoms with Crippen molar-refractivity contribution < 1.29 is 14.3 Å². The zero-order chi connectivity index (χ0) is 15.9. The average molecular weight is 314 g/mol. The molecule has 0 heterocycles. The summed E-state index contributed by atoms with van der Waals surface area (Å²) in [5.41, 5.74) is -0.218. The van der Waals surface area contributed by atoms with E-state index >= 15 is 0 Å². The van der Waals surface area contributed by atoms with Crippen LogP contribution in [0.5, 0.6) is 0 Å². The van der Waals surface area contributed by atoms with Gasteiger partial charge < -0.3 is 15.7 Å². The van der Waals surface area contributed by atoms with Crippen molar-refractivity contribution in [2.45, 2.75) is 31.9 Å². The maximum Gasteiger partial charge on any atom is 0.225 e. The number of rotatable bonds is 8. The Hall–Kier alpha value is -1.11. The molecule has 0 aliphatic carbocycles. The monoisotopic (exact) mass is 314 g/mol. The summed E-state index contributed by atoms with van der Waals surface area (Å²) >= 11 is 1.58. The summed E-state index contributed by atoms with van der Waals surface area (Å²) in [5, 5.41) is 15.9. The maximum absolute atomic E-state index is 12.8. The molecule has 6 heteroatoms. The Balaban J connectivity index is 2.35. The summed E-state index contributed by atoms with van der Waals surface area (Å²) in [6.07, 6.45) is 2.22. The Bertz CT molecular complexity index is 451. The molecule has 0 saturated carbocycles. The topological polar surface area (TPSA) is 61.4 Å². The number of carbonyl (C=O) groups excluding carboxylic acids is 1. The van der Waals surface area contributed by atoms with Crippen LogP contribution >= 0.6 is 11.8 Å². The van der Waals surface area contributed by atoms with E-state index in [-0.39, 0.29) is 24.2 Å². The van der Waals surface area contributed by atoms with E-state index in [0.717, 1.165) is 0 Å². The van der Waals surface area contributed by atoms with Crippen molar-refractivity contribution in [3.05, 3.63) is 30.1 Å². The fraction of sp³-hybridized carbons (Fsp3) is 0.533. The van der Waals surface area contributed by atoms with Crippen LogP contribution in [-0.4, -0.2) is 41.2 Å². The highest BCUT2D eigenvalue weighted by molar-refractivity contribution is 7.98. The Kier molecular flexibility index (Phi) is 7.14. The predicted molar refractivity (Wildman–Crippen MR) is 86.1 cm³/mol. The lowest BCUT2D eigenvalue weighted by molar-refractivity contribution is -0.116. The number of nitrogens with one attached hydrogen (secondary N) is 2. The van der Waals surface area contributed by atoms with E-state index < -0.39 is 5.60 Å². The number of amides is 1. The first-order valence-corrected chi connectivity index (χ1v) is 8.22. The number of anilines is 1. The standard InChI is InChI=1S/C15H23FN2O2S/c1-11(17-9-15(2,20)10-21-3)8-14(19)18-13-6-4-12(16)5-7-13/h4-7,11,17,20H,8-10H2,1-3H3,(H,18,19)/t11-,15-/m1/s1. The second kappa shape index (κ2) is 8.36. The van der Waals surface area contributed by atoms with Gasteiger partial charge in [-0.1, -0.05) is 0 Å². The number of thioether (sulfide) groups is 1. The van der Waals surface area contributed by atoms with Crippen LogP contribution in [0, 0.1) is 5.82 Å². The summed E-state index contributed by atoms with van der Waals surface area (Å²) < 4.78 is 12.8. The molecule has 2 atom stereocenters. The quantitative estimate of drug-likeness (QED) is 0.689. The minimum Gasteiger partial charge on any atom is -0.388 e. The number of hydrogen-bond acceptors (Lipinski definition) is 4. The van der Waals surface area contributed by atoms with Crippen molar-refractivity contribution in [3.63, 3.8) is 0 Å². The molecular formula is C15H23FN2O2S. The molecular weight excluding hydrogens is 291 g/mol. The SMILES string of the molecule is CSC[C@](C)(O)CN[C@H](C)CC(=O)Nc1ccc(F)cc1. The number of hydrogen-bond donors (Lipinski definition) is 3. The third-order valence-corrected chi connectivity index (χ3v) is 3.82. The Morgan fingerprint density at radius 3 is 2.62 bits per heavy atom. The highest BCUT2D eigenvalue weighted by Crippen LogP contribution is 2.11. The molecule has 1 rings (SSSR count). The molecule has 1 aromatic carbocycles. The molecule has 0 fully saturated rings. The summed E-state index contributed by atoms with van der Waals surface area (Å²) in [5.74, 6) is 0.152. The van der Waals surface area contributed by atoms with Gasteiger partial charge in [0.05, 0.1) is 5.60 Å². The van der Waals surface area contributed by atoms with Gasteiger partial charge in [-0.15, -0.1) is 0 Å². The van der Waals surface area contributed by atoms with Gasteiger partial charge in [0.1, 0.15) is 5.82 Å². The lowest BCUT2D eigenvalue weighted by Crippen LogP contribution is -2.44. The van der Waals surface area contributed by atoms with Crippen molar-refractivity contribution in [2.24, 2.45) is 0 Å². The lowest BCUT2D eigenvalue weighted by atomic mass is 10.1. The molecule has 1 aromatic rings. The molecule has 0 saturated heterocycles. The van der Waals surface area contributed by atoms with Crippen molar-refractivity contribution in [2.75, 3.05) is 23.9 Å². The van der Waals surface area contributed by atoms with Gasteiger partial charge in [0.25, 0.3) is 0 Å². The molecule has 0 spiro atoms. The lowest BCUT2D eigenvalue weighted by Gasteiger charge is -2.25. The first-order valence-electron chi connectivity index (χ1n) is 6.82. The van der Waals surface area contributed by atoms with Crippen molar-refractivity contribution >= 4 is 23.4 Å². The average Bonchev–Trinajstić information content (AvgIpc) is 2.39. The van der Waals surface area contributed by atoms with Gasteiger partial charge in [0, 0.05) is 30.4 Å². The van der Waals surface area contributed by atoms with Crippen LogP contribution in [0.1, 0.15) is 20.3 Å². The molecule has 21 heavy (non-hydrogen) atoms. The fourth-order valence-corrected chi connectivity index (χ4v) is 2.58. The molecule has 118 valence electrons. The molecule has 3 N–H and O–H groups in total. The smallest absolute Gasteiger partial charge is 0.225 e. The van der Waals surface area contributed by atoms with Crippen LogP contribution in [0.15, 0.2) is 24.3 Å². The summed E-state index contributed by atoms with van der Waals surface area (Å²) in [7, 11) is 0. The zero-order valence-corrected chi connectivity index (χ0v) is 13.5. The highest BCUT2D eigenvalue weighted by atomic mass is 32.2. The minimum absolute atomic E-state index is 0.0567. The van der Waals surface area contributed by atoms with Gasteiger partial charge in [-0.2, -0.15) is 11.8 Å². The molecule has 0 aliphatic heterocycles. The van der Waals surface area contributed by atoms with E-state index in [1.165, 1.54) is 24.3 Å². The molecule has 0 radical (unpaired) electrons. The third-order valence-electron chi connectivity index (χ3n) is 2.91. The largest absolute Gasteiger partial charge is 0.388 e. The van der Waals surface area contributed by atoms with Crippen molar-refractivity contribution in [1.82, 2.24) is 5.32 Å². The van der Waals surface area contributed by atoms with Gasteiger partial charge in [-0.3, -0.25) is 4.79 Å². The Morgan fingerprint density at radius 1 is 1.43 bits per heavy atom. The molecule has 0 unspecified atom stereocenters. The van der Waals surface area contributed by atoms with E-state index in [9.17, 15) is 14.3 Å². The first-order chi connectivity index (χ1) is 9.82. The second-order valence-electron chi connectivity index (χ2n) is 5.47. The number of carbonyl (C=O) groups is 1. The van der Waals surface area contributed by atoms with Crippen LogP contribution in [0.4, 0.5) is 10.1 Å². The van der Waals surface area contributed by atoms with Crippen LogP contribution in [0.3, 0.4) is 0 Å². The van der Waals surface area contributed by atoms with Crippen molar-refractivity contribution in [3.8, 4) is 0 Å². The highest BCUT2D eigenvalue weighted by Gasteiger charge is 2.20. The van der Waals surface area contributed by atoms with Gasteiger partial charge in [-0.25, -0.2) is 4.39 Å². The van der Waals surface area contributed by atoms with Gasteiger partial charge in [0.2, 0.25) is 5.91 Å². The molecule has 4 nitrogen and oxygen atoms in total. The van der Waals surface area contributed by atoms with E-state index in [1.54, 1.807) is 18.7 Å². The van der Waals surface area contributed by atoms with Gasteiger partial charge >= 0.3 is 0 Å². The fourth-order valence-electron chi connectivity index (χ4n) is 1.85. The number of benzene rings is 1. The van der Waals surface area contributed by atoms with Crippen LogP contribution in [-0.2, 0) is 4.79 Å². The van der Waals surface area contributed by atoms with Crippen LogP contribution in [0.25, 0.3) is 0 Å². The first kappa shape index (κ1) is 17.9. The third kappa shape index (κ3) is 7.45. The summed E-state index contributed by atoms with van der Waals surface area (Å²) in [6, 6.07) is 5.59. The van der Waals surface area contributed by atoms with Crippen molar-refractivity contribution in [1.29, 1.82) is 0 Å². The Morgan fingerprint density at radius 2 is 2.05 bits per heavy atom. The Labute approximate surface area is 129 Å². The van der Waals surface area contributed by atoms with E-state index in [1.807, 2.05) is 13.2 Å². The molecule has 0 aliphatic rings. The summed E-state index contributed by atoms with van der Waals surface area (Å²) in [4.78, 5) is 11.8. The van der Waals surface area contributed by atoms with E-state index in [0.29, 0.717) is 18.0 Å². The molecule has 1 amide bonds. The predicted octanol–water partition coefficient (Wildman–Crippen LogP) is 2.25. The minimum atomic E-state index is -0.791. The maximum atomic E-state index is 12.8. The second-order valence-corrected chi connectivity index (χ2v) is 6.34. The van der Waals surface area contributed by atoms with E-state index in [2.05, 4.69) is 10.6 Å². The van der Waals surface area contributed by atoms with E-state index in [4.69, 9.17) is 0 Å². The number of halogens is 1. The van der Waals surface area contributed by atoms with Gasteiger partial charge in [-0.05, 0) is 44.4 Å². The van der Waals surface area contributed by atoms with Crippen LogP contribution < -0.4 is 10.6 Å².